The van der Waals surface area contributed by atoms with Crippen LogP contribution in [0.15, 0.2) is 24.5 Å². The molecule has 1 N–H and O–H groups in total. The van der Waals surface area contributed by atoms with E-state index in [4.69, 9.17) is 0 Å². The van der Waals surface area contributed by atoms with Crippen LogP contribution in [-0.2, 0) is 11.2 Å². The number of benzene rings is 1. The van der Waals surface area contributed by atoms with Crippen molar-refractivity contribution in [3.8, 4) is 0 Å². The third-order valence-electron chi connectivity index (χ3n) is 4.01. The first-order valence-corrected chi connectivity index (χ1v) is 7.20. The van der Waals surface area contributed by atoms with Crippen molar-refractivity contribution < 1.29 is 13.6 Å². The van der Waals surface area contributed by atoms with Crippen LogP contribution in [0, 0.1) is 11.6 Å². The van der Waals surface area contributed by atoms with Gasteiger partial charge in [0, 0.05) is 19.0 Å². The Morgan fingerprint density at radius 1 is 1.27 bits per heavy atom. The van der Waals surface area contributed by atoms with Crippen LogP contribution in [0.3, 0.4) is 0 Å². The quantitative estimate of drug-likeness (QED) is 0.944. The monoisotopic (exact) mass is 306 g/mol. The Labute approximate surface area is 126 Å². The predicted molar refractivity (Wildman–Crippen MR) is 75.0 cm³/mol. The second-order valence-electron chi connectivity index (χ2n) is 5.45. The number of piperidine rings is 1. The Kier molecular flexibility index (Phi) is 4.13. The van der Waals surface area contributed by atoms with Gasteiger partial charge in [0.1, 0.15) is 12.2 Å². The summed E-state index contributed by atoms with van der Waals surface area (Å²) in [7, 11) is 0. The number of H-pyrrole nitrogens is 1. The van der Waals surface area contributed by atoms with E-state index in [1.165, 1.54) is 12.4 Å². The fraction of sp³-hybridized carbons (Fsp3) is 0.400. The molecule has 2 heterocycles. The lowest BCUT2D eigenvalue weighted by Gasteiger charge is -2.31. The third kappa shape index (κ3) is 3.13. The van der Waals surface area contributed by atoms with Gasteiger partial charge in [-0.05, 0) is 30.5 Å². The number of amides is 1. The van der Waals surface area contributed by atoms with Crippen molar-refractivity contribution in [2.45, 2.75) is 25.2 Å². The van der Waals surface area contributed by atoms with Crippen molar-refractivity contribution in [1.29, 1.82) is 0 Å². The van der Waals surface area contributed by atoms with Gasteiger partial charge in [-0.3, -0.25) is 9.89 Å². The minimum atomic E-state index is -0.922. The molecule has 1 aromatic carbocycles. The molecule has 1 fully saturated rings. The summed E-state index contributed by atoms with van der Waals surface area (Å²) >= 11 is 0. The van der Waals surface area contributed by atoms with Crippen molar-refractivity contribution in [2.75, 3.05) is 13.1 Å². The van der Waals surface area contributed by atoms with Gasteiger partial charge in [-0.1, -0.05) is 6.07 Å². The molecule has 5 nitrogen and oxygen atoms in total. The molecular weight excluding hydrogens is 290 g/mol. The molecule has 0 unspecified atom stereocenters. The number of hydrogen-bond acceptors (Lipinski definition) is 3. The van der Waals surface area contributed by atoms with E-state index >= 15 is 0 Å². The molecule has 1 aliphatic rings. The van der Waals surface area contributed by atoms with E-state index in [-0.39, 0.29) is 18.2 Å². The van der Waals surface area contributed by atoms with Crippen molar-refractivity contribution in [2.24, 2.45) is 0 Å². The fourth-order valence-corrected chi connectivity index (χ4v) is 2.75. The molecule has 3 rings (SSSR count). The zero-order valence-corrected chi connectivity index (χ0v) is 11.9. The van der Waals surface area contributed by atoms with Crippen molar-refractivity contribution in [1.82, 2.24) is 20.1 Å². The Bertz CT molecular complexity index is 652. The minimum absolute atomic E-state index is 0.0676. The average Bonchev–Trinajstić information content (AvgIpc) is 3.05. The molecule has 2 aromatic rings. The van der Waals surface area contributed by atoms with Gasteiger partial charge in [-0.2, -0.15) is 5.10 Å². The van der Waals surface area contributed by atoms with E-state index < -0.39 is 11.6 Å². The number of aromatic nitrogens is 3. The number of carbonyl (C=O) groups is 1. The Morgan fingerprint density at radius 3 is 2.68 bits per heavy atom. The Balaban J connectivity index is 1.56. The van der Waals surface area contributed by atoms with Crippen LogP contribution in [0.1, 0.15) is 30.1 Å². The lowest BCUT2D eigenvalue weighted by molar-refractivity contribution is -0.131. The SMILES string of the molecule is O=C(Cc1ccc(F)c(F)c1)N1CCC(c2ncn[nH]2)CC1. The number of halogens is 2. The molecule has 0 atom stereocenters. The highest BCUT2D eigenvalue weighted by Gasteiger charge is 2.25. The molecule has 1 aliphatic heterocycles. The van der Waals surface area contributed by atoms with Crippen LogP contribution in [-0.4, -0.2) is 39.1 Å². The van der Waals surface area contributed by atoms with E-state index in [0.717, 1.165) is 30.8 Å². The van der Waals surface area contributed by atoms with Gasteiger partial charge < -0.3 is 4.90 Å². The highest BCUT2D eigenvalue weighted by atomic mass is 19.2. The van der Waals surface area contributed by atoms with E-state index in [0.29, 0.717) is 18.7 Å². The Hall–Kier alpha value is -2.31. The van der Waals surface area contributed by atoms with Crippen molar-refractivity contribution >= 4 is 5.91 Å². The number of nitrogens with one attached hydrogen (secondary N) is 1. The number of carbonyl (C=O) groups excluding carboxylic acids is 1. The molecule has 0 spiro atoms. The van der Waals surface area contributed by atoms with Gasteiger partial charge in [0.15, 0.2) is 11.6 Å². The summed E-state index contributed by atoms with van der Waals surface area (Å²) in [6.07, 6.45) is 3.21. The number of nitrogens with zero attached hydrogens (tertiary/aromatic N) is 3. The highest BCUT2D eigenvalue weighted by molar-refractivity contribution is 5.78. The molecule has 0 aliphatic carbocycles. The highest BCUT2D eigenvalue weighted by Crippen LogP contribution is 2.25. The van der Waals surface area contributed by atoms with Crippen molar-refractivity contribution in [3.05, 3.63) is 47.5 Å². The molecule has 7 heteroatoms. The van der Waals surface area contributed by atoms with Gasteiger partial charge in [0.25, 0.3) is 0 Å². The topological polar surface area (TPSA) is 61.9 Å². The summed E-state index contributed by atoms with van der Waals surface area (Å²) in [5.74, 6) is -0.747. The second-order valence-corrected chi connectivity index (χ2v) is 5.45. The lowest BCUT2D eigenvalue weighted by atomic mass is 9.95. The van der Waals surface area contributed by atoms with Crippen LogP contribution in [0.2, 0.25) is 0 Å². The summed E-state index contributed by atoms with van der Waals surface area (Å²) in [6, 6.07) is 3.57. The predicted octanol–water partition coefficient (Wildman–Crippen LogP) is 2.03. The fourth-order valence-electron chi connectivity index (χ4n) is 2.75. The zero-order valence-electron chi connectivity index (χ0n) is 11.9. The molecule has 116 valence electrons. The van der Waals surface area contributed by atoms with Crippen molar-refractivity contribution in [3.63, 3.8) is 0 Å². The molecule has 1 amide bonds. The molecule has 0 radical (unpaired) electrons. The van der Waals surface area contributed by atoms with Crippen LogP contribution >= 0.6 is 0 Å². The molecule has 0 bridgehead atoms. The van der Waals surface area contributed by atoms with Crippen LogP contribution in [0.25, 0.3) is 0 Å². The first-order valence-electron chi connectivity index (χ1n) is 7.20. The van der Waals surface area contributed by atoms with Gasteiger partial charge in [0.2, 0.25) is 5.91 Å². The normalized spacial score (nSPS) is 16.0. The van der Waals surface area contributed by atoms with Crippen LogP contribution in [0.4, 0.5) is 8.78 Å². The standard InChI is InChI=1S/C15H16F2N4O/c16-12-2-1-10(7-13(12)17)8-14(22)21-5-3-11(4-6-21)15-18-9-19-20-15/h1-2,7,9,11H,3-6,8H2,(H,18,19,20). The Morgan fingerprint density at radius 2 is 2.05 bits per heavy atom. The van der Waals surface area contributed by atoms with Crippen LogP contribution in [0.5, 0.6) is 0 Å². The molecular formula is C15H16F2N4O. The summed E-state index contributed by atoms with van der Waals surface area (Å²) in [6.45, 7) is 1.27. The van der Waals surface area contributed by atoms with E-state index in [9.17, 15) is 13.6 Å². The van der Waals surface area contributed by atoms with E-state index in [1.54, 1.807) is 4.90 Å². The largest absolute Gasteiger partial charge is 0.342 e. The maximum atomic E-state index is 13.2. The summed E-state index contributed by atoms with van der Waals surface area (Å²) in [5.41, 5.74) is 0.487. The number of aromatic amines is 1. The van der Waals surface area contributed by atoms with Gasteiger partial charge in [0.05, 0.1) is 6.42 Å². The zero-order chi connectivity index (χ0) is 15.5. The molecule has 1 aromatic heterocycles. The number of likely N-dealkylation sites (tertiary alicyclic amines) is 1. The smallest absolute Gasteiger partial charge is 0.226 e. The maximum Gasteiger partial charge on any atom is 0.226 e. The minimum Gasteiger partial charge on any atom is -0.342 e. The van der Waals surface area contributed by atoms with Gasteiger partial charge >= 0.3 is 0 Å². The van der Waals surface area contributed by atoms with E-state index in [1.807, 2.05) is 0 Å². The number of hydrogen-bond donors (Lipinski definition) is 1. The summed E-state index contributed by atoms with van der Waals surface area (Å²) in [5, 5.41) is 6.70. The van der Waals surface area contributed by atoms with E-state index in [2.05, 4.69) is 15.2 Å². The first-order chi connectivity index (χ1) is 10.6. The molecule has 1 saturated heterocycles. The van der Waals surface area contributed by atoms with Gasteiger partial charge in [-0.15, -0.1) is 0 Å². The molecule has 0 saturated carbocycles. The first kappa shape index (κ1) is 14.6. The summed E-state index contributed by atoms with van der Waals surface area (Å²) < 4.78 is 26.0. The molecule has 22 heavy (non-hydrogen) atoms. The van der Waals surface area contributed by atoms with Gasteiger partial charge in [-0.25, -0.2) is 13.8 Å². The lowest BCUT2D eigenvalue weighted by Crippen LogP contribution is -2.39. The van der Waals surface area contributed by atoms with Crippen LogP contribution < -0.4 is 0 Å². The second kappa shape index (κ2) is 6.21. The average molecular weight is 306 g/mol. The number of rotatable bonds is 3. The maximum absolute atomic E-state index is 13.2. The summed E-state index contributed by atoms with van der Waals surface area (Å²) in [4.78, 5) is 18.1. The third-order valence-corrected chi connectivity index (χ3v) is 4.01.